The maximum absolute atomic E-state index is 12.4. The lowest BCUT2D eigenvalue weighted by molar-refractivity contribution is -0.386. The number of rotatable bonds is 10. The number of aromatic hydroxyl groups is 2. The maximum atomic E-state index is 12.4. The molecule has 24 heteroatoms. The summed E-state index contributed by atoms with van der Waals surface area (Å²) in [5, 5.41) is 30.3. The Bertz CT molecular complexity index is 3380. The number of hydrogen-bond acceptors (Lipinski definition) is 15. The van der Waals surface area contributed by atoms with Crippen LogP contribution in [0.15, 0.2) is 205 Å². The summed E-state index contributed by atoms with van der Waals surface area (Å²) in [6, 6.07) is 39.3. The second kappa shape index (κ2) is 23.7. The van der Waals surface area contributed by atoms with E-state index in [0.717, 1.165) is 12.1 Å². The van der Waals surface area contributed by atoms with Crippen LogP contribution in [-0.2, 0) is 38.6 Å². The third-order valence-corrected chi connectivity index (χ3v) is 16.9. The number of nitrogens with two attached hydrogens (primary N) is 1. The second-order valence-corrected chi connectivity index (χ2v) is 24.2. The summed E-state index contributed by atoms with van der Waals surface area (Å²) in [6.45, 7) is 0. The van der Waals surface area contributed by atoms with Gasteiger partial charge in [-0.1, -0.05) is 108 Å². The Balaban J connectivity index is 0.000000200. The van der Waals surface area contributed by atoms with E-state index >= 15 is 0 Å². The highest BCUT2D eigenvalue weighted by molar-refractivity contribution is 9.11. The van der Waals surface area contributed by atoms with Crippen LogP contribution in [0.5, 0.6) is 23.0 Å². The molecule has 0 heterocycles. The lowest BCUT2D eigenvalue weighted by atomic mass is 10.3. The zero-order valence-corrected chi connectivity index (χ0v) is 43.8. The fraction of sp³-hybridized carbons (Fsp3) is 0.0455. The molecular weight excluding hydrogens is 1180 g/mol. The van der Waals surface area contributed by atoms with Crippen molar-refractivity contribution in [3.05, 3.63) is 181 Å². The van der Waals surface area contributed by atoms with E-state index in [1.54, 1.807) is 66.7 Å². The molecule has 0 aliphatic heterocycles. The monoisotopic (exact) mass is 1220 g/mol. The van der Waals surface area contributed by atoms with Gasteiger partial charge >= 0.3 is 5.69 Å². The number of nitrogen functional groups attached to an aromatic ring is 1. The number of methoxy groups -OCH3 is 2. The molecule has 68 heavy (non-hydrogen) atoms. The summed E-state index contributed by atoms with van der Waals surface area (Å²) in [5.41, 5.74) is 5.35. The van der Waals surface area contributed by atoms with Crippen molar-refractivity contribution in [2.45, 2.75) is 34.3 Å². The standard InChI is InChI=1S/C13H13NO3S.C12H8BrNO5S.C12H9BrO3S.C7H6BrClO3S/c1-17-13-11(14)8-5-9-12(13)18(15,16)10-6-3-2-4-7-10;13-8-6-10(14(16)17)12(15)11(7-8)20(18,19)9-4-2-1-3-5-9;13-9-6-7-11(14)12(8-9)17(15,16)10-4-2-1-3-5-10;1-12-6-3-2-5(8)4-7(6)13(9,10)11/h2-9H,14H2,1H3;1-7,15H;1-8,14H;2-4H,1H3. The Morgan fingerprint density at radius 2 is 0.956 bits per heavy atom. The van der Waals surface area contributed by atoms with Crippen LogP contribution in [0.4, 0.5) is 11.4 Å². The summed E-state index contributed by atoms with van der Waals surface area (Å²) in [6.07, 6.45) is 0. The molecule has 0 bridgehead atoms. The molecule has 7 rings (SSSR count). The number of para-hydroxylation sites is 1. The average Bonchev–Trinajstić information content (AvgIpc) is 3.31. The average molecular weight is 1220 g/mol. The van der Waals surface area contributed by atoms with Crippen molar-refractivity contribution in [2.75, 3.05) is 20.0 Å². The zero-order valence-electron chi connectivity index (χ0n) is 35.0. The number of phenolic OH excluding ortho intramolecular Hbond substituents is 2. The van der Waals surface area contributed by atoms with Crippen LogP contribution in [0.2, 0.25) is 0 Å². The smallest absolute Gasteiger partial charge is 0.313 e. The van der Waals surface area contributed by atoms with Gasteiger partial charge in [-0.15, -0.1) is 0 Å². The first-order chi connectivity index (χ1) is 31.9. The molecule has 0 saturated carbocycles. The molecule has 7 aromatic rings. The van der Waals surface area contributed by atoms with Crippen molar-refractivity contribution in [2.24, 2.45) is 0 Å². The quantitative estimate of drug-likeness (QED) is 0.0498. The van der Waals surface area contributed by atoms with Gasteiger partial charge in [0.1, 0.15) is 31.1 Å². The Labute approximate surface area is 421 Å². The highest BCUT2D eigenvalue weighted by Gasteiger charge is 2.29. The van der Waals surface area contributed by atoms with Gasteiger partial charge in [0.05, 0.1) is 39.5 Å². The van der Waals surface area contributed by atoms with Crippen molar-refractivity contribution in [1.82, 2.24) is 0 Å². The van der Waals surface area contributed by atoms with E-state index in [9.17, 15) is 54.0 Å². The predicted molar refractivity (Wildman–Crippen MR) is 265 cm³/mol. The van der Waals surface area contributed by atoms with Crippen molar-refractivity contribution in [1.29, 1.82) is 0 Å². The Morgan fingerprint density at radius 3 is 1.40 bits per heavy atom. The number of nitro benzene ring substituents is 1. The van der Waals surface area contributed by atoms with Gasteiger partial charge in [0, 0.05) is 30.2 Å². The molecular formula is C44H36Br3ClN2O14S4. The number of nitrogens with zero attached hydrogens (tertiary/aromatic N) is 1. The van der Waals surface area contributed by atoms with Gasteiger partial charge in [-0.05, 0) is 91.0 Å². The van der Waals surface area contributed by atoms with Crippen LogP contribution in [-0.4, -0.2) is 63.0 Å². The molecule has 0 aromatic heterocycles. The Kier molecular flexibility index (Phi) is 19.2. The minimum Gasteiger partial charge on any atom is -0.507 e. The fourth-order valence-electron chi connectivity index (χ4n) is 5.59. The summed E-state index contributed by atoms with van der Waals surface area (Å²) in [7, 11) is -7.10. The number of sulfone groups is 3. The van der Waals surface area contributed by atoms with Gasteiger partial charge in [0.25, 0.3) is 9.05 Å². The fourth-order valence-corrected chi connectivity index (χ4v) is 12.5. The van der Waals surface area contributed by atoms with Crippen LogP contribution in [0.3, 0.4) is 0 Å². The minimum absolute atomic E-state index is 0.0361. The maximum Gasteiger partial charge on any atom is 0.313 e. The normalized spacial score (nSPS) is 11.3. The number of halogens is 4. The van der Waals surface area contributed by atoms with E-state index in [2.05, 4.69) is 47.8 Å². The first-order valence-corrected chi connectivity index (χ1v) is 27.8. The molecule has 7 aromatic carbocycles. The SMILES string of the molecule is COc1c(N)cccc1S(=O)(=O)c1ccccc1.COc1ccc(Br)cc1S(=O)(=O)Cl.O=S(=O)(c1ccccc1)c1cc(Br)ccc1O.O=[N+]([O-])c1cc(Br)cc(S(=O)(=O)c2ccccc2)c1O. The summed E-state index contributed by atoms with van der Waals surface area (Å²) in [4.78, 5) is 9.74. The number of nitro groups is 1. The molecule has 4 N–H and O–H groups in total. The van der Waals surface area contributed by atoms with Gasteiger partial charge in [-0.3, -0.25) is 10.1 Å². The lowest BCUT2D eigenvalue weighted by Gasteiger charge is -2.11. The van der Waals surface area contributed by atoms with Crippen LogP contribution >= 0.6 is 58.5 Å². The van der Waals surface area contributed by atoms with Crippen molar-refractivity contribution in [3.8, 4) is 23.0 Å². The van der Waals surface area contributed by atoms with Gasteiger partial charge in [-0.2, -0.15) is 0 Å². The molecule has 0 atom stereocenters. The van der Waals surface area contributed by atoms with E-state index < -0.39 is 59.8 Å². The minimum atomic E-state index is -4.03. The summed E-state index contributed by atoms with van der Waals surface area (Å²) < 4.78 is 107. The number of hydrogen-bond donors (Lipinski definition) is 3. The largest absolute Gasteiger partial charge is 0.507 e. The topological polar surface area (TPSA) is 265 Å². The molecule has 0 aliphatic rings. The van der Waals surface area contributed by atoms with Crippen molar-refractivity contribution < 1.29 is 58.3 Å². The highest BCUT2D eigenvalue weighted by atomic mass is 79.9. The van der Waals surface area contributed by atoms with Gasteiger partial charge < -0.3 is 25.4 Å². The third-order valence-electron chi connectivity index (χ3n) is 8.77. The molecule has 0 fully saturated rings. The van der Waals surface area contributed by atoms with Crippen LogP contribution in [0.25, 0.3) is 0 Å². The van der Waals surface area contributed by atoms with E-state index in [-0.39, 0.29) is 51.1 Å². The highest BCUT2D eigenvalue weighted by Crippen LogP contribution is 2.39. The van der Waals surface area contributed by atoms with E-state index in [4.69, 9.17) is 25.9 Å². The predicted octanol–water partition coefficient (Wildman–Crippen LogP) is 10.4. The number of benzene rings is 7. The number of anilines is 1. The molecule has 0 spiro atoms. The zero-order chi connectivity index (χ0) is 50.6. The Morgan fingerprint density at radius 1 is 0.529 bits per heavy atom. The van der Waals surface area contributed by atoms with Crippen LogP contribution < -0.4 is 15.2 Å². The number of phenols is 2. The second-order valence-electron chi connectivity index (χ2n) is 13.2. The Hall–Kier alpha value is -5.53. The van der Waals surface area contributed by atoms with E-state index in [1.807, 2.05) is 0 Å². The van der Waals surface area contributed by atoms with Crippen LogP contribution in [0.1, 0.15) is 0 Å². The molecule has 0 amide bonds. The number of ether oxygens (including phenoxy) is 2. The molecule has 0 radical (unpaired) electrons. The first-order valence-electron chi connectivity index (χ1n) is 18.6. The van der Waals surface area contributed by atoms with E-state index in [1.165, 1.54) is 93.1 Å². The summed E-state index contributed by atoms with van der Waals surface area (Å²) in [5.74, 6) is -0.710. The third kappa shape index (κ3) is 13.8. The molecule has 16 nitrogen and oxygen atoms in total. The first kappa shape index (κ1) is 55.1. The molecule has 0 unspecified atom stereocenters. The van der Waals surface area contributed by atoms with Crippen molar-refractivity contribution >= 4 is 108 Å². The molecule has 0 saturated heterocycles. The van der Waals surface area contributed by atoms with Crippen LogP contribution in [0, 0.1) is 10.1 Å². The molecule has 0 aliphatic carbocycles. The van der Waals surface area contributed by atoms with Gasteiger partial charge in [0.15, 0.2) is 5.75 Å². The molecule has 358 valence electrons. The lowest BCUT2D eigenvalue weighted by Crippen LogP contribution is -2.05. The van der Waals surface area contributed by atoms with Gasteiger partial charge in [0.2, 0.25) is 35.3 Å². The van der Waals surface area contributed by atoms with Crippen molar-refractivity contribution in [3.63, 3.8) is 0 Å². The van der Waals surface area contributed by atoms with Gasteiger partial charge in [-0.25, -0.2) is 33.7 Å². The summed E-state index contributed by atoms with van der Waals surface area (Å²) >= 11 is 9.33. The van der Waals surface area contributed by atoms with E-state index in [0.29, 0.717) is 14.6 Å².